The first-order valence-corrected chi connectivity index (χ1v) is 11.8. The quantitative estimate of drug-likeness (QED) is 0.410. The van der Waals surface area contributed by atoms with Crippen LogP contribution in [0.25, 0.3) is 0 Å². The van der Waals surface area contributed by atoms with Crippen LogP contribution >= 0.6 is 0 Å². The molecule has 0 aromatic heterocycles. The summed E-state index contributed by atoms with van der Waals surface area (Å²) < 4.78 is 11.8. The fourth-order valence-electron chi connectivity index (χ4n) is 4.13. The zero-order chi connectivity index (χ0) is 23.0. The highest BCUT2D eigenvalue weighted by Crippen LogP contribution is 2.30. The van der Waals surface area contributed by atoms with Crippen LogP contribution in [0.2, 0.25) is 0 Å². The Morgan fingerprint density at radius 1 is 0.839 bits per heavy atom. The molecule has 0 atom stereocenters. The maximum Gasteiger partial charge on any atom is 0.122 e. The van der Waals surface area contributed by atoms with Crippen molar-refractivity contribution in [3.8, 4) is 5.75 Å². The molecule has 0 heterocycles. The number of hydrogen-bond donors (Lipinski definition) is 1. The second-order valence-corrected chi connectivity index (χ2v) is 10.1. The van der Waals surface area contributed by atoms with Crippen molar-refractivity contribution in [3.05, 3.63) is 64.2 Å². The Bertz CT molecular complexity index is 818. The minimum Gasteiger partial charge on any atom is -0.491 e. The number of benzene rings is 2. The maximum absolute atomic E-state index is 6.58. The normalized spacial score (nSPS) is 12.1. The average molecular weight is 426 g/mol. The molecule has 0 saturated carbocycles. The molecule has 0 fully saturated rings. The summed E-state index contributed by atoms with van der Waals surface area (Å²) in [5.41, 5.74) is 12.9. The van der Waals surface area contributed by atoms with E-state index in [9.17, 15) is 0 Å². The number of nitrogens with two attached hydrogens (primary N) is 1. The van der Waals surface area contributed by atoms with Crippen molar-refractivity contribution in [2.45, 2.75) is 73.3 Å². The van der Waals surface area contributed by atoms with Gasteiger partial charge in [0.15, 0.2) is 0 Å². The summed E-state index contributed by atoms with van der Waals surface area (Å²) in [6.45, 7) is 17.3. The van der Waals surface area contributed by atoms with Crippen molar-refractivity contribution in [1.29, 1.82) is 0 Å². The van der Waals surface area contributed by atoms with Gasteiger partial charge in [0.25, 0.3) is 0 Å². The summed E-state index contributed by atoms with van der Waals surface area (Å²) in [4.78, 5) is 0. The van der Waals surface area contributed by atoms with Crippen LogP contribution in [0.15, 0.2) is 36.4 Å². The largest absolute Gasteiger partial charge is 0.491 e. The smallest absolute Gasteiger partial charge is 0.122 e. The van der Waals surface area contributed by atoms with Crippen LogP contribution in [0, 0.1) is 18.8 Å². The van der Waals surface area contributed by atoms with E-state index >= 15 is 0 Å². The van der Waals surface area contributed by atoms with Crippen LogP contribution in [-0.2, 0) is 29.5 Å². The van der Waals surface area contributed by atoms with E-state index in [0.29, 0.717) is 31.7 Å². The van der Waals surface area contributed by atoms with Gasteiger partial charge in [0.1, 0.15) is 12.4 Å². The second-order valence-electron chi connectivity index (χ2n) is 10.1. The number of para-hydroxylation sites is 1. The van der Waals surface area contributed by atoms with Gasteiger partial charge in [0.05, 0.1) is 13.2 Å². The molecule has 2 rings (SSSR count). The Hall–Kier alpha value is -1.84. The van der Waals surface area contributed by atoms with E-state index in [1.165, 1.54) is 22.3 Å². The second kappa shape index (κ2) is 11.7. The maximum atomic E-state index is 6.58. The lowest BCUT2D eigenvalue weighted by Gasteiger charge is -2.28. The molecular formula is C28H43NO2. The van der Waals surface area contributed by atoms with Gasteiger partial charge in [-0.15, -0.1) is 0 Å². The summed E-state index contributed by atoms with van der Waals surface area (Å²) in [7, 11) is 0. The van der Waals surface area contributed by atoms with E-state index in [2.05, 4.69) is 66.7 Å². The zero-order valence-corrected chi connectivity index (χ0v) is 20.8. The van der Waals surface area contributed by atoms with Crippen LogP contribution in [0.4, 0.5) is 0 Å². The first-order valence-electron chi connectivity index (χ1n) is 11.8. The summed E-state index contributed by atoms with van der Waals surface area (Å²) in [5, 5.41) is 0. The molecule has 0 aliphatic carbocycles. The molecule has 31 heavy (non-hydrogen) atoms. The predicted molar refractivity (Wildman–Crippen MR) is 132 cm³/mol. The fraction of sp³-hybridized carbons (Fsp3) is 0.571. The molecule has 0 saturated heterocycles. The van der Waals surface area contributed by atoms with Gasteiger partial charge in [0, 0.05) is 5.54 Å². The predicted octanol–water partition coefficient (Wildman–Crippen LogP) is 6.22. The van der Waals surface area contributed by atoms with Crippen LogP contribution in [-0.4, -0.2) is 19.8 Å². The lowest BCUT2D eigenvalue weighted by molar-refractivity contribution is 0.102. The molecule has 2 N–H and O–H groups in total. The van der Waals surface area contributed by atoms with Crippen LogP contribution in [0.1, 0.15) is 69.4 Å². The van der Waals surface area contributed by atoms with Crippen molar-refractivity contribution in [3.63, 3.8) is 0 Å². The minimum absolute atomic E-state index is 0.370. The molecule has 0 radical (unpaired) electrons. The molecule has 0 unspecified atom stereocenters. The first-order chi connectivity index (χ1) is 14.6. The van der Waals surface area contributed by atoms with E-state index in [1.54, 1.807) is 0 Å². The molecular weight excluding hydrogens is 382 g/mol. The number of rotatable bonds is 12. The van der Waals surface area contributed by atoms with Crippen LogP contribution in [0.5, 0.6) is 5.75 Å². The van der Waals surface area contributed by atoms with Gasteiger partial charge in [-0.2, -0.15) is 0 Å². The van der Waals surface area contributed by atoms with Crippen molar-refractivity contribution in [2.24, 2.45) is 17.6 Å². The third kappa shape index (κ3) is 7.97. The summed E-state index contributed by atoms with van der Waals surface area (Å²) in [6, 6.07) is 12.6. The monoisotopic (exact) mass is 425 g/mol. The highest BCUT2D eigenvalue weighted by molar-refractivity contribution is 5.45. The molecule has 0 spiro atoms. The van der Waals surface area contributed by atoms with E-state index in [0.717, 1.165) is 30.6 Å². The third-order valence-electron chi connectivity index (χ3n) is 5.54. The zero-order valence-electron chi connectivity index (χ0n) is 20.8. The Balaban J connectivity index is 2.10. The van der Waals surface area contributed by atoms with Crippen molar-refractivity contribution in [1.82, 2.24) is 0 Å². The average Bonchev–Trinajstić information content (AvgIpc) is 2.66. The van der Waals surface area contributed by atoms with Gasteiger partial charge >= 0.3 is 0 Å². The number of aryl methyl sites for hydroxylation is 1. The van der Waals surface area contributed by atoms with Gasteiger partial charge in [-0.1, -0.05) is 58.0 Å². The van der Waals surface area contributed by atoms with Gasteiger partial charge in [-0.3, -0.25) is 0 Å². The first kappa shape index (κ1) is 25.4. The van der Waals surface area contributed by atoms with Gasteiger partial charge in [-0.25, -0.2) is 0 Å². The van der Waals surface area contributed by atoms with Gasteiger partial charge < -0.3 is 15.2 Å². The summed E-state index contributed by atoms with van der Waals surface area (Å²) in [5.74, 6) is 2.16. The van der Waals surface area contributed by atoms with Crippen LogP contribution in [0.3, 0.4) is 0 Å². The summed E-state index contributed by atoms with van der Waals surface area (Å²) >= 11 is 0. The SMILES string of the molecule is Cc1ccccc1OCCOCCc1c(C(C)(C)N)ccc(CC(C)C)c1CC(C)C. The molecule has 3 nitrogen and oxygen atoms in total. The summed E-state index contributed by atoms with van der Waals surface area (Å²) in [6.07, 6.45) is 3.07. The standard InChI is InChI=1S/C28H43NO2/c1-20(2)18-23-12-13-26(28(6,7)29)24(25(23)19-21(3)4)14-15-30-16-17-31-27-11-9-8-10-22(27)5/h8-13,20-21H,14-19,29H2,1-7H3. The molecule has 2 aromatic rings. The van der Waals surface area contributed by atoms with Crippen molar-refractivity contribution in [2.75, 3.05) is 19.8 Å². The third-order valence-corrected chi connectivity index (χ3v) is 5.54. The Morgan fingerprint density at radius 3 is 2.13 bits per heavy atom. The Labute approximate surface area is 190 Å². The lowest BCUT2D eigenvalue weighted by atomic mass is 9.81. The highest BCUT2D eigenvalue weighted by Gasteiger charge is 2.23. The Kier molecular flexibility index (Phi) is 9.58. The molecule has 3 heteroatoms. The van der Waals surface area contributed by atoms with E-state index < -0.39 is 0 Å². The van der Waals surface area contributed by atoms with Gasteiger partial charge in [0.2, 0.25) is 0 Å². The molecule has 0 aliphatic heterocycles. The molecule has 0 amide bonds. The molecule has 2 aromatic carbocycles. The van der Waals surface area contributed by atoms with Gasteiger partial charge in [-0.05, 0) is 85.8 Å². The highest BCUT2D eigenvalue weighted by atomic mass is 16.5. The number of hydrogen-bond acceptors (Lipinski definition) is 3. The molecule has 0 aliphatic rings. The lowest BCUT2D eigenvalue weighted by Crippen LogP contribution is -2.31. The number of ether oxygens (including phenoxy) is 2. The minimum atomic E-state index is -0.370. The van der Waals surface area contributed by atoms with Crippen molar-refractivity contribution >= 4 is 0 Å². The molecule has 172 valence electrons. The van der Waals surface area contributed by atoms with E-state index in [4.69, 9.17) is 15.2 Å². The topological polar surface area (TPSA) is 44.5 Å². The van der Waals surface area contributed by atoms with Crippen LogP contribution < -0.4 is 10.5 Å². The van der Waals surface area contributed by atoms with Crippen molar-refractivity contribution < 1.29 is 9.47 Å². The van der Waals surface area contributed by atoms with E-state index in [1.807, 2.05) is 18.2 Å². The fourth-order valence-corrected chi connectivity index (χ4v) is 4.13. The molecule has 0 bridgehead atoms. The van der Waals surface area contributed by atoms with E-state index in [-0.39, 0.29) is 5.54 Å². The Morgan fingerprint density at radius 2 is 1.52 bits per heavy atom.